The number of carbonyl (C=O) groups excluding carboxylic acids is 1. The smallest absolute Gasteiger partial charge is 0.336 e. The number of ketones is 1. The molecule has 0 N–H and O–H groups in total. The molecule has 4 aromatic rings. The van der Waals surface area contributed by atoms with Gasteiger partial charge in [-0.2, -0.15) is 5.26 Å². The number of nitriles is 1. The minimum atomic E-state index is -0.423. The van der Waals surface area contributed by atoms with Gasteiger partial charge in [0.15, 0.2) is 6.61 Å². The molecule has 0 spiro atoms. The first kappa shape index (κ1) is 18.5. The summed E-state index contributed by atoms with van der Waals surface area (Å²) in [6.07, 6.45) is 2.14. The van der Waals surface area contributed by atoms with E-state index in [9.17, 15) is 9.59 Å². The Balaban J connectivity index is 1.58. The van der Waals surface area contributed by atoms with Crippen molar-refractivity contribution < 1.29 is 13.9 Å². The van der Waals surface area contributed by atoms with Gasteiger partial charge in [-0.15, -0.1) is 0 Å². The number of aromatic nitrogens is 1. The Kier molecular flexibility index (Phi) is 4.88. The molecule has 6 nitrogen and oxygen atoms in total. The zero-order valence-electron chi connectivity index (χ0n) is 15.8. The maximum Gasteiger partial charge on any atom is 0.336 e. The first-order valence-electron chi connectivity index (χ1n) is 9.22. The SMILES string of the molecule is Cc1cc(=O)oc2cc(OCC(=O)c3cn(CCC#N)c4ccccc34)ccc12. The molecule has 144 valence electrons. The maximum atomic E-state index is 12.8. The van der Waals surface area contributed by atoms with Crippen molar-refractivity contribution in [3.8, 4) is 11.8 Å². The average Bonchev–Trinajstić information content (AvgIpc) is 3.09. The number of aryl methyl sites for hydroxylation is 2. The van der Waals surface area contributed by atoms with Crippen LogP contribution in [0.4, 0.5) is 0 Å². The first-order chi connectivity index (χ1) is 14.1. The van der Waals surface area contributed by atoms with Crippen LogP contribution < -0.4 is 10.4 Å². The van der Waals surface area contributed by atoms with Gasteiger partial charge in [-0.25, -0.2) is 4.79 Å². The number of benzene rings is 2. The molecular formula is C23H18N2O4. The van der Waals surface area contributed by atoms with Gasteiger partial charge in [0.1, 0.15) is 11.3 Å². The molecule has 0 aliphatic carbocycles. The molecule has 2 heterocycles. The second-order valence-electron chi connectivity index (χ2n) is 6.78. The third kappa shape index (κ3) is 3.63. The lowest BCUT2D eigenvalue weighted by atomic mass is 10.1. The molecule has 0 aliphatic heterocycles. The molecular weight excluding hydrogens is 368 g/mol. The van der Waals surface area contributed by atoms with E-state index in [1.54, 1.807) is 24.4 Å². The molecule has 2 aromatic heterocycles. The summed E-state index contributed by atoms with van der Waals surface area (Å²) in [5.74, 6) is 0.288. The number of rotatable bonds is 6. The summed E-state index contributed by atoms with van der Waals surface area (Å²) >= 11 is 0. The van der Waals surface area contributed by atoms with Crippen LogP contribution in [-0.4, -0.2) is 17.0 Å². The molecule has 0 saturated carbocycles. The minimum absolute atomic E-state index is 0.145. The summed E-state index contributed by atoms with van der Waals surface area (Å²) in [5, 5.41) is 10.5. The molecule has 0 saturated heterocycles. The summed E-state index contributed by atoms with van der Waals surface area (Å²) in [5.41, 5.74) is 2.29. The Hall–Kier alpha value is -3.85. The van der Waals surface area contributed by atoms with E-state index >= 15 is 0 Å². The van der Waals surface area contributed by atoms with Crippen LogP contribution in [0.5, 0.6) is 5.75 Å². The predicted molar refractivity (Wildman–Crippen MR) is 109 cm³/mol. The van der Waals surface area contributed by atoms with Crippen LogP contribution >= 0.6 is 0 Å². The summed E-state index contributed by atoms with van der Waals surface area (Å²) in [6.45, 7) is 2.22. The van der Waals surface area contributed by atoms with E-state index < -0.39 is 5.63 Å². The molecule has 29 heavy (non-hydrogen) atoms. The van der Waals surface area contributed by atoms with Crippen molar-refractivity contribution in [3.05, 3.63) is 76.3 Å². The summed E-state index contributed by atoms with van der Waals surface area (Å²) in [7, 11) is 0. The molecule has 0 unspecified atom stereocenters. The van der Waals surface area contributed by atoms with Gasteiger partial charge in [-0.05, 0) is 30.7 Å². The molecule has 0 radical (unpaired) electrons. The van der Waals surface area contributed by atoms with Crippen LogP contribution in [0.25, 0.3) is 21.9 Å². The molecule has 2 aromatic carbocycles. The normalized spacial score (nSPS) is 10.9. The van der Waals surface area contributed by atoms with Gasteiger partial charge < -0.3 is 13.7 Å². The highest BCUT2D eigenvalue weighted by Gasteiger charge is 2.16. The second-order valence-corrected chi connectivity index (χ2v) is 6.78. The van der Waals surface area contributed by atoms with Crippen LogP contribution in [0.2, 0.25) is 0 Å². The highest BCUT2D eigenvalue weighted by Crippen LogP contribution is 2.24. The topological polar surface area (TPSA) is 85.2 Å². The number of hydrogen-bond acceptors (Lipinski definition) is 5. The molecule has 0 fully saturated rings. The average molecular weight is 386 g/mol. The molecule has 0 aliphatic rings. The van der Waals surface area contributed by atoms with Crippen molar-refractivity contribution in [3.63, 3.8) is 0 Å². The first-order valence-corrected chi connectivity index (χ1v) is 9.22. The maximum absolute atomic E-state index is 12.8. The number of hydrogen-bond donors (Lipinski definition) is 0. The zero-order valence-corrected chi connectivity index (χ0v) is 15.8. The van der Waals surface area contributed by atoms with E-state index in [0.29, 0.717) is 29.9 Å². The predicted octanol–water partition coefficient (Wildman–Crippen LogP) is 4.23. The third-order valence-corrected chi connectivity index (χ3v) is 4.85. The molecule has 0 bridgehead atoms. The number of carbonyl (C=O) groups is 1. The minimum Gasteiger partial charge on any atom is -0.485 e. The largest absolute Gasteiger partial charge is 0.485 e. The van der Waals surface area contributed by atoms with Gasteiger partial charge in [-0.1, -0.05) is 18.2 Å². The van der Waals surface area contributed by atoms with Crippen molar-refractivity contribution in [2.24, 2.45) is 0 Å². The number of ether oxygens (including phenoxy) is 1. The van der Waals surface area contributed by atoms with E-state index in [1.807, 2.05) is 35.8 Å². The highest BCUT2D eigenvalue weighted by atomic mass is 16.5. The van der Waals surface area contributed by atoms with Crippen molar-refractivity contribution in [1.29, 1.82) is 5.26 Å². The third-order valence-electron chi connectivity index (χ3n) is 4.85. The van der Waals surface area contributed by atoms with E-state index in [2.05, 4.69) is 6.07 Å². The van der Waals surface area contributed by atoms with E-state index in [4.69, 9.17) is 14.4 Å². The van der Waals surface area contributed by atoms with Crippen molar-refractivity contribution >= 4 is 27.7 Å². The van der Waals surface area contributed by atoms with Gasteiger partial charge in [0.05, 0.1) is 12.5 Å². The quantitative estimate of drug-likeness (QED) is 0.366. The van der Waals surface area contributed by atoms with Gasteiger partial charge in [-0.3, -0.25) is 4.79 Å². The van der Waals surface area contributed by atoms with Crippen LogP contribution in [0.3, 0.4) is 0 Å². The number of Topliss-reactive ketones (excluding diaryl/α,β-unsaturated/α-hetero) is 1. The Bertz CT molecular complexity index is 1320. The fraction of sp³-hybridized carbons (Fsp3) is 0.174. The standard InChI is InChI=1S/C23H18N2O4/c1-15-11-23(27)29-22-12-16(7-8-17(15)22)28-14-21(26)19-13-25(10-4-9-24)20-6-3-2-5-18(19)20/h2-3,5-8,11-13H,4,10,14H2,1H3. The monoisotopic (exact) mass is 386 g/mol. The number of fused-ring (bicyclic) bond motifs is 2. The lowest BCUT2D eigenvalue weighted by Crippen LogP contribution is -2.11. The Morgan fingerprint density at radius 1 is 1.17 bits per heavy atom. The van der Waals surface area contributed by atoms with Crippen LogP contribution in [0.1, 0.15) is 22.3 Å². The lowest BCUT2D eigenvalue weighted by Gasteiger charge is -2.07. The number of nitrogens with zero attached hydrogens (tertiary/aromatic N) is 2. The second kappa shape index (κ2) is 7.64. The summed E-state index contributed by atoms with van der Waals surface area (Å²) in [6, 6.07) is 16.3. The van der Waals surface area contributed by atoms with Gasteiger partial charge in [0, 0.05) is 46.7 Å². The van der Waals surface area contributed by atoms with Gasteiger partial charge >= 0.3 is 5.63 Å². The summed E-state index contributed by atoms with van der Waals surface area (Å²) < 4.78 is 12.8. The molecule has 6 heteroatoms. The molecule has 0 atom stereocenters. The number of para-hydroxylation sites is 1. The molecule has 4 rings (SSSR count). The Morgan fingerprint density at radius 3 is 2.83 bits per heavy atom. The van der Waals surface area contributed by atoms with E-state index in [0.717, 1.165) is 21.9 Å². The lowest BCUT2D eigenvalue weighted by molar-refractivity contribution is 0.0923. The van der Waals surface area contributed by atoms with E-state index in [1.165, 1.54) is 6.07 Å². The van der Waals surface area contributed by atoms with Crippen molar-refractivity contribution in [2.45, 2.75) is 19.9 Å². The fourth-order valence-electron chi connectivity index (χ4n) is 3.45. The Labute approximate surface area is 166 Å². The van der Waals surface area contributed by atoms with Gasteiger partial charge in [0.25, 0.3) is 0 Å². The highest BCUT2D eigenvalue weighted by molar-refractivity contribution is 6.08. The van der Waals surface area contributed by atoms with Crippen LogP contribution in [0, 0.1) is 18.3 Å². The van der Waals surface area contributed by atoms with Crippen molar-refractivity contribution in [1.82, 2.24) is 4.57 Å². The zero-order chi connectivity index (χ0) is 20.4. The molecule has 0 amide bonds. The van der Waals surface area contributed by atoms with Crippen LogP contribution in [0.15, 0.2) is 63.9 Å². The van der Waals surface area contributed by atoms with Gasteiger partial charge in [0.2, 0.25) is 5.78 Å². The van der Waals surface area contributed by atoms with E-state index in [-0.39, 0.29) is 12.4 Å². The fourth-order valence-corrected chi connectivity index (χ4v) is 3.45. The van der Waals surface area contributed by atoms with Crippen molar-refractivity contribution in [2.75, 3.05) is 6.61 Å². The van der Waals surface area contributed by atoms with Crippen LogP contribution in [-0.2, 0) is 6.54 Å². The Morgan fingerprint density at radius 2 is 2.00 bits per heavy atom. The summed E-state index contributed by atoms with van der Waals surface area (Å²) in [4.78, 5) is 24.4.